The van der Waals surface area contributed by atoms with E-state index in [1.807, 2.05) is 43.9 Å². The molecule has 1 spiro atoms. The topological polar surface area (TPSA) is 62.7 Å². The Morgan fingerprint density at radius 3 is 2.70 bits per heavy atom. The molecule has 142 valence electrons. The van der Waals surface area contributed by atoms with Crippen LogP contribution in [-0.2, 0) is 4.74 Å². The van der Waals surface area contributed by atoms with Crippen LogP contribution in [-0.4, -0.2) is 59.1 Å². The molecule has 0 radical (unpaired) electrons. The molecule has 2 fully saturated rings. The lowest BCUT2D eigenvalue weighted by atomic mass is 9.91. The van der Waals surface area contributed by atoms with Crippen molar-refractivity contribution in [3.8, 4) is 0 Å². The number of aromatic nitrogens is 1. The lowest BCUT2D eigenvalue weighted by Crippen LogP contribution is -2.52. The third-order valence-corrected chi connectivity index (χ3v) is 5.81. The predicted octanol–water partition coefficient (Wildman–Crippen LogP) is 3.22. The van der Waals surface area contributed by atoms with Crippen molar-refractivity contribution in [3.63, 3.8) is 0 Å². The van der Waals surface area contributed by atoms with Gasteiger partial charge in [0.1, 0.15) is 5.60 Å². The van der Waals surface area contributed by atoms with E-state index in [2.05, 4.69) is 4.98 Å². The van der Waals surface area contributed by atoms with Crippen molar-refractivity contribution in [2.24, 2.45) is 0 Å². The van der Waals surface area contributed by atoms with Crippen LogP contribution in [0.15, 0.2) is 18.2 Å². The predicted molar refractivity (Wildman–Crippen MR) is 103 cm³/mol. The lowest BCUT2D eigenvalue weighted by molar-refractivity contribution is -0.00517. The number of benzene rings is 1. The summed E-state index contributed by atoms with van der Waals surface area (Å²) in [7, 11) is 1.74. The number of pyridine rings is 1. The fourth-order valence-electron chi connectivity index (χ4n) is 4.30. The van der Waals surface area contributed by atoms with Crippen LogP contribution in [0.1, 0.15) is 40.0 Å². The number of amides is 2. The van der Waals surface area contributed by atoms with Gasteiger partial charge in [-0.3, -0.25) is 9.78 Å². The van der Waals surface area contributed by atoms with E-state index in [0.717, 1.165) is 46.1 Å². The number of likely N-dealkylation sites (tertiary alicyclic amines) is 1. The zero-order valence-electron chi connectivity index (χ0n) is 16.3. The number of likely N-dealkylation sites (N-methyl/N-ethyl adjacent to an activating group) is 1. The molecule has 2 aromatic rings. The van der Waals surface area contributed by atoms with E-state index >= 15 is 0 Å². The van der Waals surface area contributed by atoms with Gasteiger partial charge in [-0.2, -0.15) is 0 Å². The number of hydrogen-bond donors (Lipinski definition) is 0. The third kappa shape index (κ3) is 2.93. The minimum Gasteiger partial charge on any atom is -0.439 e. The smallest absolute Gasteiger partial charge is 0.410 e. The fourth-order valence-corrected chi connectivity index (χ4v) is 4.30. The number of aryl methyl sites for hydroxylation is 2. The van der Waals surface area contributed by atoms with E-state index in [-0.39, 0.29) is 12.0 Å². The van der Waals surface area contributed by atoms with Gasteiger partial charge in [-0.15, -0.1) is 0 Å². The Morgan fingerprint density at radius 2 is 2.00 bits per heavy atom. The Bertz CT molecular complexity index is 955. The summed E-state index contributed by atoms with van der Waals surface area (Å²) in [4.78, 5) is 33.5. The highest BCUT2D eigenvalue weighted by Gasteiger charge is 2.47. The van der Waals surface area contributed by atoms with Crippen LogP contribution in [0.2, 0.25) is 0 Å². The van der Waals surface area contributed by atoms with Crippen LogP contribution >= 0.6 is 0 Å². The van der Waals surface area contributed by atoms with Gasteiger partial charge in [-0.1, -0.05) is 11.6 Å². The minimum absolute atomic E-state index is 0.00160. The maximum Gasteiger partial charge on any atom is 0.410 e. The molecule has 2 saturated heterocycles. The Labute approximate surface area is 159 Å². The first-order valence-corrected chi connectivity index (χ1v) is 9.41. The molecule has 1 atom stereocenters. The van der Waals surface area contributed by atoms with Gasteiger partial charge >= 0.3 is 6.09 Å². The van der Waals surface area contributed by atoms with Crippen molar-refractivity contribution in [2.75, 3.05) is 26.7 Å². The van der Waals surface area contributed by atoms with Gasteiger partial charge in [0.15, 0.2) is 0 Å². The number of carbonyl (C=O) groups excluding carboxylic acids is 2. The quantitative estimate of drug-likeness (QED) is 0.776. The summed E-state index contributed by atoms with van der Waals surface area (Å²) in [6.07, 6.45) is 1.31. The average Bonchev–Trinajstić information content (AvgIpc) is 2.89. The molecule has 0 aliphatic carbocycles. The van der Waals surface area contributed by atoms with E-state index in [0.29, 0.717) is 19.6 Å². The van der Waals surface area contributed by atoms with Crippen molar-refractivity contribution in [1.29, 1.82) is 0 Å². The highest BCUT2D eigenvalue weighted by atomic mass is 16.6. The van der Waals surface area contributed by atoms with Crippen LogP contribution in [0, 0.1) is 20.8 Å². The van der Waals surface area contributed by atoms with Gasteiger partial charge < -0.3 is 14.5 Å². The summed E-state index contributed by atoms with van der Waals surface area (Å²) in [5.41, 5.74) is 3.86. The van der Waals surface area contributed by atoms with Gasteiger partial charge in [0.05, 0.1) is 24.2 Å². The second kappa shape index (κ2) is 6.22. The second-order valence-electron chi connectivity index (χ2n) is 7.96. The average molecular weight is 367 g/mol. The Balaban J connectivity index is 1.74. The summed E-state index contributed by atoms with van der Waals surface area (Å²) in [5.74, 6) is -0.00160. The zero-order chi connectivity index (χ0) is 19.3. The first-order chi connectivity index (χ1) is 12.8. The molecule has 4 rings (SSSR count). The largest absolute Gasteiger partial charge is 0.439 e. The molecule has 6 nitrogen and oxygen atoms in total. The molecular weight excluding hydrogens is 342 g/mol. The van der Waals surface area contributed by atoms with Crippen LogP contribution in [0.5, 0.6) is 0 Å². The number of hydrogen-bond acceptors (Lipinski definition) is 4. The molecule has 0 bridgehead atoms. The minimum atomic E-state index is -0.582. The van der Waals surface area contributed by atoms with E-state index in [1.54, 1.807) is 11.9 Å². The molecule has 0 N–H and O–H groups in total. The molecule has 6 heteroatoms. The van der Waals surface area contributed by atoms with Crippen molar-refractivity contribution in [3.05, 3.63) is 40.6 Å². The van der Waals surface area contributed by atoms with Crippen molar-refractivity contribution in [1.82, 2.24) is 14.8 Å². The highest BCUT2D eigenvalue weighted by Crippen LogP contribution is 2.33. The number of piperidine rings is 1. The van der Waals surface area contributed by atoms with Crippen LogP contribution in [0.4, 0.5) is 4.79 Å². The standard InChI is InChI=1S/C21H25N3O3/c1-13-6-7-17-16(10-13)18(14(2)15(3)22-17)19(25)24-9-5-8-21(12-24)11-23(4)20(26)27-21/h6-7,10H,5,8-9,11-12H2,1-4H3/t21-/m1/s1. The third-order valence-electron chi connectivity index (χ3n) is 5.81. The summed E-state index contributed by atoms with van der Waals surface area (Å²) in [6, 6.07) is 6.02. The second-order valence-corrected chi connectivity index (χ2v) is 7.96. The SMILES string of the molecule is Cc1ccc2nc(C)c(C)c(C(=O)N3CCC[C@@]4(CN(C)C(=O)O4)C3)c2c1. The van der Waals surface area contributed by atoms with Crippen LogP contribution in [0.3, 0.4) is 0 Å². The maximum absolute atomic E-state index is 13.5. The summed E-state index contributed by atoms with van der Waals surface area (Å²) in [6.45, 7) is 7.57. The van der Waals surface area contributed by atoms with Crippen molar-refractivity contribution < 1.29 is 14.3 Å². The lowest BCUT2D eigenvalue weighted by Gasteiger charge is -2.38. The Morgan fingerprint density at radius 1 is 1.22 bits per heavy atom. The van der Waals surface area contributed by atoms with Crippen molar-refractivity contribution >= 4 is 22.9 Å². The van der Waals surface area contributed by atoms with Gasteiger partial charge in [0.2, 0.25) is 0 Å². The fraction of sp³-hybridized carbons (Fsp3) is 0.476. The molecule has 2 aliphatic heterocycles. The van der Waals surface area contributed by atoms with Gasteiger partial charge in [0, 0.05) is 24.7 Å². The molecule has 2 aliphatic rings. The molecule has 3 heterocycles. The molecule has 0 unspecified atom stereocenters. The monoisotopic (exact) mass is 367 g/mol. The van der Waals surface area contributed by atoms with Crippen LogP contribution < -0.4 is 0 Å². The zero-order valence-corrected chi connectivity index (χ0v) is 16.3. The van der Waals surface area contributed by atoms with E-state index in [1.165, 1.54) is 0 Å². The highest BCUT2D eigenvalue weighted by molar-refractivity contribution is 6.07. The Hall–Kier alpha value is -2.63. The van der Waals surface area contributed by atoms with Crippen LogP contribution in [0.25, 0.3) is 10.9 Å². The summed E-state index contributed by atoms with van der Waals surface area (Å²) < 4.78 is 5.66. The number of ether oxygens (including phenoxy) is 1. The molecule has 1 aromatic heterocycles. The normalized spacial score (nSPS) is 22.6. The first-order valence-electron chi connectivity index (χ1n) is 9.41. The number of rotatable bonds is 1. The molecule has 0 saturated carbocycles. The van der Waals surface area contributed by atoms with Crippen molar-refractivity contribution in [2.45, 2.75) is 39.2 Å². The Kier molecular flexibility index (Phi) is 4.09. The summed E-state index contributed by atoms with van der Waals surface area (Å²) >= 11 is 0. The maximum atomic E-state index is 13.5. The first kappa shape index (κ1) is 17.8. The molecule has 2 amide bonds. The number of carbonyl (C=O) groups is 2. The van der Waals surface area contributed by atoms with Gasteiger partial charge in [0.25, 0.3) is 5.91 Å². The van der Waals surface area contributed by atoms with Gasteiger partial charge in [-0.05, 0) is 51.3 Å². The number of fused-ring (bicyclic) bond motifs is 1. The van der Waals surface area contributed by atoms with E-state index < -0.39 is 5.60 Å². The number of nitrogens with zero attached hydrogens (tertiary/aromatic N) is 3. The van der Waals surface area contributed by atoms with Gasteiger partial charge in [-0.25, -0.2) is 4.79 Å². The molecule has 1 aromatic carbocycles. The summed E-state index contributed by atoms with van der Waals surface area (Å²) in [5, 5.41) is 0.892. The molecule has 27 heavy (non-hydrogen) atoms. The van der Waals surface area contributed by atoms with E-state index in [9.17, 15) is 9.59 Å². The van der Waals surface area contributed by atoms with E-state index in [4.69, 9.17) is 4.74 Å². The molecular formula is C21H25N3O3.